The van der Waals surface area contributed by atoms with Crippen LogP contribution in [0.5, 0.6) is 0 Å². The molecule has 204 valence electrons. The number of hydrogen-bond acceptors (Lipinski definition) is 5. The van der Waals surface area contributed by atoms with Crippen molar-refractivity contribution in [2.24, 2.45) is 0 Å². The van der Waals surface area contributed by atoms with Crippen LogP contribution in [0.2, 0.25) is 0 Å². The summed E-state index contributed by atoms with van der Waals surface area (Å²) in [5.41, 5.74) is 7.45. The van der Waals surface area contributed by atoms with E-state index in [2.05, 4.69) is 74.2 Å². The minimum atomic E-state index is -0.494. The van der Waals surface area contributed by atoms with Gasteiger partial charge in [0.05, 0.1) is 22.8 Å². The lowest BCUT2D eigenvalue weighted by atomic mass is 9.84. The lowest BCUT2D eigenvalue weighted by Crippen LogP contribution is -2.25. The Balaban J connectivity index is 1.39. The van der Waals surface area contributed by atoms with Crippen LogP contribution >= 0.6 is 0 Å². The van der Waals surface area contributed by atoms with Crippen LogP contribution in [0.3, 0.4) is 0 Å². The van der Waals surface area contributed by atoms with Crippen molar-refractivity contribution in [2.75, 3.05) is 19.0 Å². The molecule has 0 N–H and O–H groups in total. The van der Waals surface area contributed by atoms with Crippen LogP contribution in [0.25, 0.3) is 34.2 Å². The highest BCUT2D eigenvalue weighted by Gasteiger charge is 2.29. The Morgan fingerprint density at radius 1 is 0.610 bits per heavy atom. The van der Waals surface area contributed by atoms with Crippen molar-refractivity contribution < 1.29 is 0 Å². The van der Waals surface area contributed by atoms with Crippen LogP contribution in [-0.2, 0) is 5.41 Å². The molecule has 0 saturated heterocycles. The molecular formula is C34H33N7. The van der Waals surface area contributed by atoms with E-state index >= 15 is 0 Å². The van der Waals surface area contributed by atoms with E-state index in [1.807, 2.05) is 84.4 Å². The Hall–Kier alpha value is -5.04. The van der Waals surface area contributed by atoms with Crippen LogP contribution in [0.4, 0.5) is 5.69 Å². The summed E-state index contributed by atoms with van der Waals surface area (Å²) in [6, 6.07) is 32.8. The highest BCUT2D eigenvalue weighted by Crippen LogP contribution is 2.33. The number of anilines is 1. The minimum absolute atomic E-state index is 0.494. The fourth-order valence-electron chi connectivity index (χ4n) is 4.84. The number of pyridine rings is 2. The van der Waals surface area contributed by atoms with Gasteiger partial charge < -0.3 is 4.90 Å². The molecule has 41 heavy (non-hydrogen) atoms. The second kappa shape index (κ2) is 10.5. The van der Waals surface area contributed by atoms with Crippen molar-refractivity contribution in [3.63, 3.8) is 0 Å². The fraction of sp³-hybridized carbons (Fsp3) is 0.176. The largest absolute Gasteiger partial charge is 0.377 e. The maximum absolute atomic E-state index is 5.13. The molecule has 0 radical (unpaired) electrons. The molecule has 0 atom stereocenters. The van der Waals surface area contributed by atoms with Crippen LogP contribution in [0.1, 0.15) is 30.8 Å². The van der Waals surface area contributed by atoms with Crippen LogP contribution in [-0.4, -0.2) is 43.6 Å². The molecule has 6 rings (SSSR count). The first-order valence-electron chi connectivity index (χ1n) is 13.7. The second-order valence-corrected chi connectivity index (χ2v) is 11.0. The zero-order chi connectivity index (χ0) is 28.6. The molecule has 7 nitrogen and oxygen atoms in total. The molecule has 0 saturated carbocycles. The van der Waals surface area contributed by atoms with Crippen molar-refractivity contribution in [1.29, 1.82) is 0 Å². The molecule has 6 aromatic rings. The molecule has 0 unspecified atom stereocenters. The number of rotatable bonds is 7. The summed E-state index contributed by atoms with van der Waals surface area (Å²) < 4.78 is 3.69. The van der Waals surface area contributed by atoms with Crippen molar-refractivity contribution in [1.82, 2.24) is 29.5 Å². The Bertz CT molecular complexity index is 1800. The number of benzene rings is 2. The summed E-state index contributed by atoms with van der Waals surface area (Å²) in [4.78, 5) is 12.3. The van der Waals surface area contributed by atoms with Gasteiger partial charge in [0.1, 0.15) is 0 Å². The van der Waals surface area contributed by atoms with Crippen LogP contribution in [0, 0.1) is 6.92 Å². The van der Waals surface area contributed by atoms with E-state index < -0.39 is 5.41 Å². The van der Waals surface area contributed by atoms with Gasteiger partial charge in [-0.15, -0.1) is 0 Å². The number of aryl methyl sites for hydroxylation is 1. The molecule has 4 heterocycles. The smallest absolute Gasteiger partial charge is 0.155 e. The standard InChI is InChI=1S/C34H33N7/c1-24-20-30(35-32(21-24)40-18-16-28(37-40)25-12-8-6-9-13-25)34(2,3)31-22-27(39(4)5)23-33(36-31)41-19-17-29(38-41)26-14-10-7-11-15-26/h6-23H,1-5H3. The summed E-state index contributed by atoms with van der Waals surface area (Å²) in [6.07, 6.45) is 3.93. The summed E-state index contributed by atoms with van der Waals surface area (Å²) in [5.74, 6) is 1.53. The van der Waals surface area contributed by atoms with Gasteiger partial charge in [-0.1, -0.05) is 60.7 Å². The van der Waals surface area contributed by atoms with Gasteiger partial charge in [-0.25, -0.2) is 19.3 Å². The first kappa shape index (κ1) is 26.2. The number of nitrogens with zero attached hydrogens (tertiary/aromatic N) is 7. The molecule has 0 amide bonds. The van der Waals surface area contributed by atoms with Crippen molar-refractivity contribution >= 4 is 5.69 Å². The van der Waals surface area contributed by atoms with E-state index in [0.717, 1.165) is 56.8 Å². The first-order valence-corrected chi connectivity index (χ1v) is 13.7. The third-order valence-electron chi connectivity index (χ3n) is 7.34. The summed E-state index contributed by atoms with van der Waals surface area (Å²) >= 11 is 0. The van der Waals surface area contributed by atoms with Crippen LogP contribution in [0.15, 0.2) is 109 Å². The van der Waals surface area contributed by atoms with E-state index in [1.165, 1.54) is 0 Å². The zero-order valence-electron chi connectivity index (χ0n) is 24.0. The highest BCUT2D eigenvalue weighted by atomic mass is 15.3. The van der Waals surface area contributed by atoms with Crippen molar-refractivity contribution in [2.45, 2.75) is 26.2 Å². The normalized spacial score (nSPS) is 11.5. The Labute approximate surface area is 240 Å². The predicted molar refractivity (Wildman–Crippen MR) is 165 cm³/mol. The topological polar surface area (TPSA) is 64.7 Å². The lowest BCUT2D eigenvalue weighted by Gasteiger charge is -2.27. The van der Waals surface area contributed by atoms with E-state index in [-0.39, 0.29) is 0 Å². The van der Waals surface area contributed by atoms with E-state index in [1.54, 1.807) is 0 Å². The van der Waals surface area contributed by atoms with Crippen molar-refractivity contribution in [3.8, 4) is 34.2 Å². The van der Waals surface area contributed by atoms with E-state index in [0.29, 0.717) is 0 Å². The van der Waals surface area contributed by atoms with E-state index in [4.69, 9.17) is 20.2 Å². The third-order valence-corrected chi connectivity index (χ3v) is 7.34. The SMILES string of the molecule is Cc1cc(-n2ccc(-c3ccccc3)n2)nc(C(C)(C)c2cc(N(C)C)cc(-n3ccc(-c4ccccc4)n3)n2)c1. The molecule has 0 aliphatic rings. The first-order chi connectivity index (χ1) is 19.8. The summed E-state index contributed by atoms with van der Waals surface area (Å²) in [5, 5.41) is 9.68. The lowest BCUT2D eigenvalue weighted by molar-refractivity contribution is 0.587. The zero-order valence-corrected chi connectivity index (χ0v) is 24.0. The van der Waals surface area contributed by atoms with Gasteiger partial charge in [0, 0.05) is 54.8 Å². The maximum atomic E-state index is 5.13. The number of hydrogen-bond donors (Lipinski definition) is 0. The predicted octanol–water partition coefficient (Wildman–Crippen LogP) is 6.88. The molecule has 7 heteroatoms. The number of aromatic nitrogens is 6. The summed E-state index contributed by atoms with van der Waals surface area (Å²) in [6.45, 7) is 6.43. The third kappa shape index (κ3) is 5.26. The quantitative estimate of drug-likeness (QED) is 0.221. The summed E-state index contributed by atoms with van der Waals surface area (Å²) in [7, 11) is 4.08. The van der Waals surface area contributed by atoms with Crippen molar-refractivity contribution in [3.05, 3.63) is 126 Å². The minimum Gasteiger partial charge on any atom is -0.377 e. The monoisotopic (exact) mass is 539 g/mol. The average molecular weight is 540 g/mol. The maximum Gasteiger partial charge on any atom is 0.155 e. The molecule has 0 fully saturated rings. The second-order valence-electron chi connectivity index (χ2n) is 11.0. The molecule has 4 aromatic heterocycles. The molecule has 0 bridgehead atoms. The Kier molecular flexibility index (Phi) is 6.71. The van der Waals surface area contributed by atoms with Gasteiger partial charge >= 0.3 is 0 Å². The van der Waals surface area contributed by atoms with Gasteiger partial charge in [0.25, 0.3) is 0 Å². The molecule has 0 spiro atoms. The van der Waals surface area contributed by atoms with Crippen LogP contribution < -0.4 is 4.90 Å². The van der Waals surface area contributed by atoms with E-state index in [9.17, 15) is 0 Å². The van der Waals surface area contributed by atoms with Gasteiger partial charge in [-0.2, -0.15) is 10.2 Å². The molecule has 0 aliphatic heterocycles. The van der Waals surface area contributed by atoms with Gasteiger partial charge in [0.2, 0.25) is 0 Å². The Morgan fingerprint density at radius 2 is 1.10 bits per heavy atom. The van der Waals surface area contributed by atoms with Gasteiger partial charge in [-0.3, -0.25) is 0 Å². The van der Waals surface area contributed by atoms with Gasteiger partial charge in [-0.05, 0) is 56.7 Å². The fourth-order valence-corrected chi connectivity index (χ4v) is 4.84. The average Bonchev–Trinajstić information content (AvgIpc) is 3.69. The molecular weight excluding hydrogens is 506 g/mol. The molecule has 2 aromatic carbocycles. The highest BCUT2D eigenvalue weighted by molar-refractivity contribution is 5.60. The Morgan fingerprint density at radius 3 is 1.61 bits per heavy atom. The van der Waals surface area contributed by atoms with Gasteiger partial charge in [0.15, 0.2) is 11.6 Å². The molecule has 0 aliphatic carbocycles.